The van der Waals surface area contributed by atoms with Crippen LogP contribution in [-0.4, -0.2) is 27.3 Å². The van der Waals surface area contributed by atoms with Crippen molar-refractivity contribution in [3.63, 3.8) is 0 Å². The highest BCUT2D eigenvalue weighted by atomic mass is 32.1. The second kappa shape index (κ2) is 6.18. The Morgan fingerprint density at radius 1 is 1.33 bits per heavy atom. The molecule has 0 bridgehead atoms. The van der Waals surface area contributed by atoms with Gasteiger partial charge in [0.25, 0.3) is 5.91 Å². The topological polar surface area (TPSA) is 69.0 Å². The Kier molecular flexibility index (Phi) is 3.87. The van der Waals surface area contributed by atoms with Gasteiger partial charge < -0.3 is 4.74 Å². The number of carbonyl (C=O) groups is 1. The van der Waals surface area contributed by atoms with Crippen LogP contribution >= 0.6 is 11.3 Å². The van der Waals surface area contributed by atoms with Gasteiger partial charge in [0, 0.05) is 6.42 Å². The molecule has 1 aliphatic rings. The number of hydrogen-bond donors (Lipinski definition) is 1. The van der Waals surface area contributed by atoms with E-state index in [0.29, 0.717) is 23.9 Å². The third-order valence-electron chi connectivity index (χ3n) is 3.97. The lowest BCUT2D eigenvalue weighted by molar-refractivity contribution is 0.102. The van der Waals surface area contributed by atoms with Crippen molar-refractivity contribution in [2.45, 2.75) is 20.0 Å². The third-order valence-corrected chi connectivity index (χ3v) is 4.96. The predicted molar refractivity (Wildman–Crippen MR) is 91.7 cm³/mol. The number of fused-ring (bicyclic) bond motifs is 1. The smallest absolute Gasteiger partial charge is 0.260 e. The quantitative estimate of drug-likeness (QED) is 0.796. The largest absolute Gasteiger partial charge is 0.375 e. The van der Waals surface area contributed by atoms with E-state index in [9.17, 15) is 4.79 Å². The Morgan fingerprint density at radius 3 is 2.96 bits per heavy atom. The predicted octanol–water partition coefficient (Wildman–Crippen LogP) is 2.96. The summed E-state index contributed by atoms with van der Waals surface area (Å²) < 4.78 is 7.17. The van der Waals surface area contributed by atoms with E-state index < -0.39 is 0 Å². The Labute approximate surface area is 143 Å². The molecule has 24 heavy (non-hydrogen) atoms. The molecule has 1 N–H and O–H groups in total. The maximum Gasteiger partial charge on any atom is 0.260 e. The highest BCUT2D eigenvalue weighted by Gasteiger charge is 2.19. The second-order valence-electron chi connectivity index (χ2n) is 5.54. The van der Waals surface area contributed by atoms with Crippen LogP contribution in [0.5, 0.6) is 0 Å². The average molecular weight is 340 g/mol. The van der Waals surface area contributed by atoms with Gasteiger partial charge in [0.05, 0.1) is 46.9 Å². The lowest BCUT2D eigenvalue weighted by Crippen LogP contribution is -2.13. The monoisotopic (exact) mass is 340 g/mol. The molecule has 0 radical (unpaired) electrons. The van der Waals surface area contributed by atoms with Crippen LogP contribution in [0.1, 0.15) is 26.6 Å². The zero-order chi connectivity index (χ0) is 16.5. The standard InChI is InChI=1S/C17H16N4O2S/c1-11-13(9-18-21(11)12-5-3-2-4-6-12)16(22)20-17-19-14-7-8-23-10-15(14)24-17/h2-6,9H,7-8,10H2,1H3,(H,19,20,22). The van der Waals surface area contributed by atoms with Crippen LogP contribution in [0.3, 0.4) is 0 Å². The molecule has 3 aromatic rings. The van der Waals surface area contributed by atoms with Crippen molar-refractivity contribution in [2.75, 3.05) is 11.9 Å². The number of ether oxygens (including phenoxy) is 1. The molecular formula is C17H16N4O2S. The molecule has 0 aliphatic carbocycles. The molecule has 3 heterocycles. The normalized spacial score (nSPS) is 13.5. The number of benzene rings is 1. The van der Waals surface area contributed by atoms with E-state index in [4.69, 9.17) is 4.74 Å². The summed E-state index contributed by atoms with van der Waals surface area (Å²) in [7, 11) is 0. The number of hydrogen-bond acceptors (Lipinski definition) is 5. The first-order chi connectivity index (χ1) is 11.7. The molecule has 0 saturated heterocycles. The fourth-order valence-electron chi connectivity index (χ4n) is 2.71. The summed E-state index contributed by atoms with van der Waals surface area (Å²) in [4.78, 5) is 18.1. The van der Waals surface area contributed by atoms with Gasteiger partial charge in [-0.25, -0.2) is 9.67 Å². The van der Waals surface area contributed by atoms with Gasteiger partial charge in [-0.3, -0.25) is 10.1 Å². The summed E-state index contributed by atoms with van der Waals surface area (Å²) in [6.07, 6.45) is 2.39. The Bertz CT molecular complexity index is 862. The number of nitrogens with one attached hydrogen (secondary N) is 1. The number of nitrogens with zero attached hydrogens (tertiary/aromatic N) is 3. The van der Waals surface area contributed by atoms with Gasteiger partial charge in [-0.1, -0.05) is 29.5 Å². The molecular weight excluding hydrogens is 324 g/mol. The summed E-state index contributed by atoms with van der Waals surface area (Å²) in [5, 5.41) is 7.83. The molecule has 122 valence electrons. The highest BCUT2D eigenvalue weighted by molar-refractivity contribution is 7.15. The molecule has 2 aromatic heterocycles. The van der Waals surface area contributed by atoms with Crippen molar-refractivity contribution >= 4 is 22.4 Å². The summed E-state index contributed by atoms with van der Waals surface area (Å²) in [5.41, 5.74) is 3.29. The van der Waals surface area contributed by atoms with E-state index in [0.717, 1.165) is 28.4 Å². The van der Waals surface area contributed by atoms with E-state index in [1.807, 2.05) is 37.3 Å². The third kappa shape index (κ3) is 2.72. The average Bonchev–Trinajstić information content (AvgIpc) is 3.18. The minimum Gasteiger partial charge on any atom is -0.375 e. The summed E-state index contributed by atoms with van der Waals surface area (Å²) in [6.45, 7) is 3.15. The van der Waals surface area contributed by atoms with Crippen molar-refractivity contribution in [1.29, 1.82) is 0 Å². The molecule has 4 rings (SSSR count). The van der Waals surface area contributed by atoms with E-state index >= 15 is 0 Å². The van der Waals surface area contributed by atoms with Gasteiger partial charge in [0.2, 0.25) is 0 Å². The van der Waals surface area contributed by atoms with Crippen molar-refractivity contribution in [1.82, 2.24) is 14.8 Å². The highest BCUT2D eigenvalue weighted by Crippen LogP contribution is 2.27. The van der Waals surface area contributed by atoms with Crippen LogP contribution in [0, 0.1) is 6.92 Å². The van der Waals surface area contributed by atoms with Crippen molar-refractivity contribution in [3.05, 3.63) is 58.4 Å². The number of carbonyl (C=O) groups excluding carboxylic acids is 1. The molecule has 0 atom stereocenters. The van der Waals surface area contributed by atoms with Crippen LogP contribution in [-0.2, 0) is 17.8 Å². The van der Waals surface area contributed by atoms with Crippen molar-refractivity contribution in [2.24, 2.45) is 0 Å². The molecule has 7 heteroatoms. The molecule has 1 amide bonds. The Hall–Kier alpha value is -2.51. The fourth-order valence-corrected chi connectivity index (χ4v) is 3.65. The minimum absolute atomic E-state index is 0.193. The van der Waals surface area contributed by atoms with Gasteiger partial charge >= 0.3 is 0 Å². The molecule has 1 aliphatic heterocycles. The van der Waals surface area contributed by atoms with Crippen LogP contribution in [0.15, 0.2) is 36.5 Å². The van der Waals surface area contributed by atoms with Gasteiger partial charge in [-0.2, -0.15) is 5.10 Å². The molecule has 0 fully saturated rings. The first-order valence-electron chi connectivity index (χ1n) is 7.70. The van der Waals surface area contributed by atoms with Crippen LogP contribution in [0.25, 0.3) is 5.69 Å². The SMILES string of the molecule is Cc1c(C(=O)Nc2nc3c(s2)COCC3)cnn1-c1ccccc1. The van der Waals surface area contributed by atoms with E-state index in [1.165, 1.54) is 11.3 Å². The molecule has 6 nitrogen and oxygen atoms in total. The van der Waals surface area contributed by atoms with Crippen molar-refractivity contribution < 1.29 is 9.53 Å². The zero-order valence-corrected chi connectivity index (χ0v) is 14.0. The van der Waals surface area contributed by atoms with Gasteiger partial charge in [-0.05, 0) is 19.1 Å². The lowest BCUT2D eigenvalue weighted by atomic mass is 10.2. The molecule has 0 spiro atoms. The zero-order valence-electron chi connectivity index (χ0n) is 13.2. The fraction of sp³-hybridized carbons (Fsp3) is 0.235. The number of aromatic nitrogens is 3. The second-order valence-corrected chi connectivity index (χ2v) is 6.62. The van der Waals surface area contributed by atoms with Gasteiger partial charge in [-0.15, -0.1) is 0 Å². The van der Waals surface area contributed by atoms with E-state index in [1.54, 1.807) is 10.9 Å². The Balaban J connectivity index is 1.57. The first-order valence-corrected chi connectivity index (χ1v) is 8.52. The van der Waals surface area contributed by atoms with E-state index in [-0.39, 0.29) is 5.91 Å². The number of para-hydroxylation sites is 1. The number of rotatable bonds is 3. The molecule has 0 saturated carbocycles. The lowest BCUT2D eigenvalue weighted by Gasteiger charge is -2.08. The maximum atomic E-state index is 12.6. The number of amides is 1. The molecule has 0 unspecified atom stereocenters. The van der Waals surface area contributed by atoms with Gasteiger partial charge in [0.15, 0.2) is 5.13 Å². The van der Waals surface area contributed by atoms with E-state index in [2.05, 4.69) is 15.4 Å². The summed E-state index contributed by atoms with van der Waals surface area (Å²) in [6, 6.07) is 9.74. The Morgan fingerprint density at radius 2 is 2.17 bits per heavy atom. The van der Waals surface area contributed by atoms with Gasteiger partial charge in [0.1, 0.15) is 0 Å². The number of thiazole rings is 1. The first kappa shape index (κ1) is 15.0. The minimum atomic E-state index is -0.193. The van der Waals surface area contributed by atoms with Crippen molar-refractivity contribution in [3.8, 4) is 5.69 Å². The maximum absolute atomic E-state index is 12.6. The van der Waals surface area contributed by atoms with Crippen LogP contribution < -0.4 is 5.32 Å². The summed E-state index contributed by atoms with van der Waals surface area (Å²) >= 11 is 1.47. The van der Waals surface area contributed by atoms with Crippen LogP contribution in [0.2, 0.25) is 0 Å². The van der Waals surface area contributed by atoms with Crippen LogP contribution in [0.4, 0.5) is 5.13 Å². The summed E-state index contributed by atoms with van der Waals surface area (Å²) in [5.74, 6) is -0.193. The number of anilines is 1. The molecule has 1 aromatic carbocycles.